The third kappa shape index (κ3) is 7.45. The van der Waals surface area contributed by atoms with Gasteiger partial charge < -0.3 is 20.9 Å². The van der Waals surface area contributed by atoms with E-state index in [0.717, 1.165) is 51.4 Å². The van der Waals surface area contributed by atoms with Crippen molar-refractivity contribution in [2.45, 2.75) is 26.2 Å². The van der Waals surface area contributed by atoms with Crippen LogP contribution in [0.25, 0.3) is 0 Å². The van der Waals surface area contributed by atoms with Crippen LogP contribution in [0.5, 0.6) is 0 Å². The van der Waals surface area contributed by atoms with Crippen LogP contribution in [-0.2, 0) is 4.79 Å². The van der Waals surface area contributed by atoms with Gasteiger partial charge in [-0.05, 0) is 18.6 Å². The zero-order valence-corrected chi connectivity index (χ0v) is 17.2. The van der Waals surface area contributed by atoms with Crippen molar-refractivity contribution in [3.63, 3.8) is 0 Å². The molecule has 1 fully saturated rings. The van der Waals surface area contributed by atoms with E-state index >= 15 is 0 Å². The maximum atomic E-state index is 12.3. The fourth-order valence-corrected chi connectivity index (χ4v) is 2.59. The molecule has 140 valence electrons. The smallest absolute Gasteiger partial charge is 0.224 e. The third-order valence-corrected chi connectivity index (χ3v) is 4.04. The SMILES string of the molecule is CCCCN=C(N)NCCC(=O)N1CCN(c2ccccn2)CC1.I. The molecule has 1 amide bonds. The molecular formula is C17H29IN6O. The van der Waals surface area contributed by atoms with Gasteiger partial charge in [0.25, 0.3) is 0 Å². The second kappa shape index (κ2) is 11.9. The first-order chi connectivity index (χ1) is 11.7. The van der Waals surface area contributed by atoms with Crippen molar-refractivity contribution in [1.82, 2.24) is 15.2 Å². The molecule has 1 aromatic rings. The molecule has 7 nitrogen and oxygen atoms in total. The molecule has 0 bridgehead atoms. The average molecular weight is 460 g/mol. The topological polar surface area (TPSA) is 86.8 Å². The minimum atomic E-state index is 0. The minimum Gasteiger partial charge on any atom is -0.370 e. The van der Waals surface area contributed by atoms with Crippen LogP contribution in [0.1, 0.15) is 26.2 Å². The molecule has 0 saturated carbocycles. The zero-order valence-electron chi connectivity index (χ0n) is 14.9. The van der Waals surface area contributed by atoms with E-state index in [4.69, 9.17) is 5.73 Å². The number of rotatable bonds is 7. The van der Waals surface area contributed by atoms with E-state index in [1.165, 1.54) is 0 Å². The number of hydrogen-bond acceptors (Lipinski definition) is 4. The second-order valence-electron chi connectivity index (χ2n) is 5.85. The Bertz CT molecular complexity index is 531. The summed E-state index contributed by atoms with van der Waals surface area (Å²) >= 11 is 0. The van der Waals surface area contributed by atoms with Crippen LogP contribution in [0, 0.1) is 0 Å². The van der Waals surface area contributed by atoms with Crippen molar-refractivity contribution >= 4 is 41.7 Å². The number of aliphatic imine (C=N–C) groups is 1. The first-order valence-electron chi connectivity index (χ1n) is 8.68. The molecule has 0 atom stereocenters. The number of nitrogens with one attached hydrogen (secondary N) is 1. The standard InChI is InChI=1S/C17H28N6O.HI/c1-2-3-8-20-17(18)21-10-7-16(24)23-13-11-22(12-14-23)15-6-4-5-9-19-15;/h4-6,9H,2-3,7-8,10-14H2,1H3,(H3,18,20,21);1H. The van der Waals surface area contributed by atoms with Crippen molar-refractivity contribution in [2.75, 3.05) is 44.2 Å². The second-order valence-corrected chi connectivity index (χ2v) is 5.85. The number of piperazine rings is 1. The first kappa shape index (κ1) is 21.5. The van der Waals surface area contributed by atoms with Crippen LogP contribution in [-0.4, -0.2) is 61.0 Å². The molecule has 2 rings (SSSR count). The van der Waals surface area contributed by atoms with Crippen LogP contribution < -0.4 is 16.0 Å². The van der Waals surface area contributed by atoms with Crippen molar-refractivity contribution in [3.8, 4) is 0 Å². The van der Waals surface area contributed by atoms with Crippen LogP contribution >= 0.6 is 24.0 Å². The molecule has 0 spiro atoms. The summed E-state index contributed by atoms with van der Waals surface area (Å²) in [6.45, 7) is 6.48. The molecule has 1 aliphatic heterocycles. The Balaban J connectivity index is 0.00000312. The highest BCUT2D eigenvalue weighted by Gasteiger charge is 2.21. The maximum Gasteiger partial charge on any atom is 0.224 e. The van der Waals surface area contributed by atoms with E-state index in [1.807, 2.05) is 23.1 Å². The molecule has 25 heavy (non-hydrogen) atoms. The van der Waals surface area contributed by atoms with E-state index in [0.29, 0.717) is 18.9 Å². The molecule has 1 aromatic heterocycles. The van der Waals surface area contributed by atoms with Gasteiger partial charge >= 0.3 is 0 Å². The Morgan fingerprint density at radius 3 is 2.72 bits per heavy atom. The Morgan fingerprint density at radius 1 is 1.32 bits per heavy atom. The van der Waals surface area contributed by atoms with Gasteiger partial charge in [0, 0.05) is 51.9 Å². The van der Waals surface area contributed by atoms with Gasteiger partial charge in [0.1, 0.15) is 5.82 Å². The summed E-state index contributed by atoms with van der Waals surface area (Å²) in [4.78, 5) is 24.9. The lowest BCUT2D eigenvalue weighted by atomic mass is 10.2. The van der Waals surface area contributed by atoms with Gasteiger partial charge in [-0.1, -0.05) is 19.4 Å². The van der Waals surface area contributed by atoms with Crippen molar-refractivity contribution < 1.29 is 4.79 Å². The number of hydrogen-bond donors (Lipinski definition) is 2. The molecule has 8 heteroatoms. The van der Waals surface area contributed by atoms with E-state index < -0.39 is 0 Å². The number of aromatic nitrogens is 1. The van der Waals surface area contributed by atoms with Gasteiger partial charge in [0.05, 0.1) is 0 Å². The molecule has 0 aliphatic carbocycles. The van der Waals surface area contributed by atoms with Gasteiger partial charge in [-0.2, -0.15) is 0 Å². The normalized spacial score (nSPS) is 14.8. The van der Waals surface area contributed by atoms with Gasteiger partial charge in [-0.25, -0.2) is 4.98 Å². The Morgan fingerprint density at radius 2 is 2.08 bits per heavy atom. The lowest BCUT2D eigenvalue weighted by Crippen LogP contribution is -2.49. The Labute approximate surface area is 167 Å². The highest BCUT2D eigenvalue weighted by atomic mass is 127. The lowest BCUT2D eigenvalue weighted by Gasteiger charge is -2.35. The van der Waals surface area contributed by atoms with Crippen LogP contribution in [0.2, 0.25) is 0 Å². The highest BCUT2D eigenvalue weighted by molar-refractivity contribution is 14.0. The number of amides is 1. The molecule has 1 saturated heterocycles. The molecule has 2 heterocycles. The van der Waals surface area contributed by atoms with Crippen LogP contribution in [0.3, 0.4) is 0 Å². The molecular weight excluding hydrogens is 431 g/mol. The zero-order chi connectivity index (χ0) is 17.2. The van der Waals surface area contributed by atoms with E-state index in [-0.39, 0.29) is 29.9 Å². The summed E-state index contributed by atoms with van der Waals surface area (Å²) in [5.41, 5.74) is 5.76. The lowest BCUT2D eigenvalue weighted by molar-refractivity contribution is -0.131. The highest BCUT2D eigenvalue weighted by Crippen LogP contribution is 2.12. The van der Waals surface area contributed by atoms with Gasteiger partial charge in [0.2, 0.25) is 5.91 Å². The number of anilines is 1. The van der Waals surface area contributed by atoms with Crippen molar-refractivity contribution in [3.05, 3.63) is 24.4 Å². The Hall–Kier alpha value is -1.58. The number of pyridine rings is 1. The number of guanidine groups is 1. The molecule has 0 unspecified atom stereocenters. The molecule has 0 radical (unpaired) electrons. The fourth-order valence-electron chi connectivity index (χ4n) is 2.59. The summed E-state index contributed by atoms with van der Waals surface area (Å²) < 4.78 is 0. The predicted octanol–water partition coefficient (Wildman–Crippen LogP) is 1.44. The van der Waals surface area contributed by atoms with Crippen LogP contribution in [0.15, 0.2) is 29.4 Å². The third-order valence-electron chi connectivity index (χ3n) is 4.04. The fraction of sp³-hybridized carbons (Fsp3) is 0.588. The predicted molar refractivity (Wildman–Crippen MR) is 112 cm³/mol. The number of nitrogens with two attached hydrogens (primary N) is 1. The largest absolute Gasteiger partial charge is 0.370 e. The summed E-state index contributed by atoms with van der Waals surface area (Å²) in [7, 11) is 0. The number of unbranched alkanes of at least 4 members (excludes halogenated alkanes) is 1. The van der Waals surface area contributed by atoms with E-state index in [2.05, 4.69) is 27.1 Å². The van der Waals surface area contributed by atoms with Crippen molar-refractivity contribution in [2.24, 2.45) is 10.7 Å². The van der Waals surface area contributed by atoms with E-state index in [9.17, 15) is 4.79 Å². The van der Waals surface area contributed by atoms with Gasteiger partial charge in [-0.15, -0.1) is 24.0 Å². The minimum absolute atomic E-state index is 0. The van der Waals surface area contributed by atoms with Gasteiger partial charge in [-0.3, -0.25) is 9.79 Å². The maximum absolute atomic E-state index is 12.3. The number of carbonyl (C=O) groups excluding carboxylic acids is 1. The first-order valence-corrected chi connectivity index (χ1v) is 8.68. The molecule has 1 aliphatic rings. The number of carbonyl (C=O) groups is 1. The molecule has 3 N–H and O–H groups in total. The molecule has 0 aromatic carbocycles. The summed E-state index contributed by atoms with van der Waals surface area (Å²) in [6, 6.07) is 5.90. The summed E-state index contributed by atoms with van der Waals surface area (Å²) in [5.74, 6) is 1.56. The number of nitrogens with zero attached hydrogens (tertiary/aromatic N) is 4. The van der Waals surface area contributed by atoms with E-state index in [1.54, 1.807) is 6.20 Å². The average Bonchev–Trinajstić information content (AvgIpc) is 2.63. The van der Waals surface area contributed by atoms with Crippen LogP contribution in [0.4, 0.5) is 5.82 Å². The van der Waals surface area contributed by atoms with Crippen molar-refractivity contribution in [1.29, 1.82) is 0 Å². The summed E-state index contributed by atoms with van der Waals surface area (Å²) in [5, 5.41) is 3.01. The summed E-state index contributed by atoms with van der Waals surface area (Å²) in [6.07, 6.45) is 4.36. The number of halogens is 1. The van der Waals surface area contributed by atoms with Gasteiger partial charge in [0.15, 0.2) is 5.96 Å². The quantitative estimate of drug-likeness (QED) is 0.279. The monoisotopic (exact) mass is 460 g/mol. The Kier molecular flexibility index (Phi) is 10.2.